The molecule has 0 amide bonds. The van der Waals surface area contributed by atoms with Gasteiger partial charge < -0.3 is 4.79 Å². The quantitative estimate of drug-likeness (QED) is 0.673. The first kappa shape index (κ1) is 10.2. The van der Waals surface area contributed by atoms with Gasteiger partial charge in [-0.15, -0.1) is 0 Å². The van der Waals surface area contributed by atoms with Crippen molar-refractivity contribution in [3.05, 3.63) is 35.9 Å². The molecule has 1 aromatic rings. The molecule has 0 saturated heterocycles. The molecule has 0 aromatic heterocycles. The molecule has 0 heterocycles. The van der Waals surface area contributed by atoms with Crippen molar-refractivity contribution in [2.24, 2.45) is 0 Å². The van der Waals surface area contributed by atoms with Gasteiger partial charge in [0.2, 0.25) is 0 Å². The molecule has 0 unspecified atom stereocenters. The molecule has 1 rings (SSSR count). The van der Waals surface area contributed by atoms with E-state index in [0.29, 0.717) is 11.8 Å². The average Bonchev–Trinajstić information content (AvgIpc) is 2.04. The normalized spacial score (nSPS) is 11.3. The third-order valence-corrected chi connectivity index (χ3v) is 3.89. The number of carbonyl (C=O) groups is 1. The predicted octanol–water partition coefficient (Wildman–Crippen LogP) is 2.68. The first-order valence-corrected chi connectivity index (χ1v) is 8.07. The Bertz CT molecular complexity index is 285. The van der Waals surface area contributed by atoms with Gasteiger partial charge in [-0.2, -0.15) is 0 Å². The molecule has 0 atom stereocenters. The summed E-state index contributed by atoms with van der Waals surface area (Å²) >= 11 is 0. The molecule has 1 nitrogen and oxygen atoms in total. The van der Waals surface area contributed by atoms with E-state index >= 15 is 0 Å². The van der Waals surface area contributed by atoms with E-state index in [9.17, 15) is 4.79 Å². The minimum atomic E-state index is -1.58. The molecule has 0 bridgehead atoms. The molecular weight excluding hydrogens is 176 g/mol. The van der Waals surface area contributed by atoms with Gasteiger partial charge in [0.25, 0.3) is 0 Å². The fraction of sp³-hybridized carbons (Fsp3) is 0.364. The molecule has 0 fully saturated rings. The maximum Gasteiger partial charge on any atom is 0.124 e. The van der Waals surface area contributed by atoms with Crippen molar-refractivity contribution in [1.29, 1.82) is 0 Å². The molecule has 13 heavy (non-hydrogen) atoms. The van der Waals surface area contributed by atoms with Gasteiger partial charge in [0, 0.05) is 6.42 Å². The Kier molecular flexibility index (Phi) is 3.04. The zero-order valence-corrected chi connectivity index (χ0v) is 9.50. The molecule has 0 aliphatic rings. The molecule has 70 valence electrons. The maximum absolute atomic E-state index is 11.7. The first-order valence-electron chi connectivity index (χ1n) is 4.57. The summed E-state index contributed by atoms with van der Waals surface area (Å²) in [6.07, 6.45) is 0.608. The van der Waals surface area contributed by atoms with Crippen LogP contribution in [0.5, 0.6) is 0 Å². The van der Waals surface area contributed by atoms with Crippen molar-refractivity contribution in [2.75, 3.05) is 0 Å². The van der Waals surface area contributed by atoms with Gasteiger partial charge in [-0.3, -0.25) is 0 Å². The molecular formula is C11H16OSi. The van der Waals surface area contributed by atoms with Crippen molar-refractivity contribution in [1.82, 2.24) is 0 Å². The lowest BCUT2D eigenvalue weighted by atomic mass is 10.2. The monoisotopic (exact) mass is 192 g/mol. The van der Waals surface area contributed by atoms with Gasteiger partial charge in [-0.05, 0) is 5.56 Å². The molecule has 0 aliphatic heterocycles. The van der Waals surface area contributed by atoms with Crippen LogP contribution in [0.15, 0.2) is 30.3 Å². The van der Waals surface area contributed by atoms with E-state index in [0.717, 1.165) is 5.56 Å². The van der Waals surface area contributed by atoms with Crippen LogP contribution in [0.2, 0.25) is 19.6 Å². The third-order valence-electron chi connectivity index (χ3n) is 2.04. The molecule has 1 aromatic carbocycles. The zero-order chi connectivity index (χ0) is 9.90. The Labute approximate surface area is 80.8 Å². The predicted molar refractivity (Wildman–Crippen MR) is 58.5 cm³/mol. The van der Waals surface area contributed by atoms with Crippen molar-refractivity contribution < 1.29 is 4.79 Å². The lowest BCUT2D eigenvalue weighted by molar-refractivity contribution is -0.112. The van der Waals surface area contributed by atoms with Crippen LogP contribution in [-0.4, -0.2) is 13.5 Å². The van der Waals surface area contributed by atoms with Crippen LogP contribution < -0.4 is 0 Å². The molecule has 0 radical (unpaired) electrons. The number of hydrogen-bond donors (Lipinski definition) is 0. The van der Waals surface area contributed by atoms with E-state index in [4.69, 9.17) is 0 Å². The van der Waals surface area contributed by atoms with E-state index in [2.05, 4.69) is 19.6 Å². The largest absolute Gasteiger partial charge is 0.305 e. The SMILES string of the molecule is C[Si](C)(C)C(=O)Cc1ccccc1. The minimum absolute atomic E-state index is 0.429. The maximum atomic E-state index is 11.7. The molecule has 0 aliphatic carbocycles. The van der Waals surface area contributed by atoms with Crippen molar-refractivity contribution in [3.63, 3.8) is 0 Å². The highest BCUT2D eigenvalue weighted by Gasteiger charge is 2.23. The summed E-state index contributed by atoms with van der Waals surface area (Å²) < 4.78 is 0. The van der Waals surface area contributed by atoms with E-state index in [1.807, 2.05) is 30.3 Å². The Morgan fingerprint density at radius 2 is 1.69 bits per heavy atom. The zero-order valence-electron chi connectivity index (χ0n) is 8.50. The summed E-state index contributed by atoms with van der Waals surface area (Å²) in [6, 6.07) is 9.96. The highest BCUT2D eigenvalue weighted by Crippen LogP contribution is 2.08. The summed E-state index contributed by atoms with van der Waals surface area (Å²) in [5.41, 5.74) is 1.13. The lowest BCUT2D eigenvalue weighted by Crippen LogP contribution is -2.34. The number of hydrogen-bond acceptors (Lipinski definition) is 1. The lowest BCUT2D eigenvalue weighted by Gasteiger charge is -2.13. The second-order valence-electron chi connectivity index (χ2n) is 4.34. The van der Waals surface area contributed by atoms with E-state index in [1.54, 1.807) is 0 Å². The topological polar surface area (TPSA) is 17.1 Å². The summed E-state index contributed by atoms with van der Waals surface area (Å²) in [5.74, 6) is 0. The number of carbonyl (C=O) groups excluding carboxylic acids is 1. The van der Waals surface area contributed by atoms with Crippen molar-refractivity contribution >= 4 is 13.5 Å². The summed E-state index contributed by atoms with van der Waals surface area (Å²) in [7, 11) is -1.58. The highest BCUT2D eigenvalue weighted by molar-refractivity contribution is 7.03. The van der Waals surface area contributed by atoms with E-state index in [1.165, 1.54) is 0 Å². The molecule has 0 saturated carbocycles. The Morgan fingerprint density at radius 3 is 2.15 bits per heavy atom. The summed E-state index contributed by atoms with van der Waals surface area (Å²) in [6.45, 7) is 6.29. The number of benzene rings is 1. The highest BCUT2D eigenvalue weighted by atomic mass is 28.3. The minimum Gasteiger partial charge on any atom is -0.305 e. The second-order valence-corrected chi connectivity index (χ2v) is 9.39. The van der Waals surface area contributed by atoms with Crippen LogP contribution in [0.3, 0.4) is 0 Å². The average molecular weight is 192 g/mol. The van der Waals surface area contributed by atoms with Gasteiger partial charge in [0.1, 0.15) is 13.5 Å². The Hall–Kier alpha value is -0.893. The Balaban J connectivity index is 2.66. The van der Waals surface area contributed by atoms with Crippen LogP contribution in [0.1, 0.15) is 5.56 Å². The van der Waals surface area contributed by atoms with Crippen LogP contribution in [-0.2, 0) is 11.2 Å². The van der Waals surface area contributed by atoms with E-state index in [-0.39, 0.29) is 0 Å². The van der Waals surface area contributed by atoms with Crippen LogP contribution >= 0.6 is 0 Å². The van der Waals surface area contributed by atoms with Gasteiger partial charge >= 0.3 is 0 Å². The van der Waals surface area contributed by atoms with Gasteiger partial charge in [-0.25, -0.2) is 0 Å². The van der Waals surface area contributed by atoms with Crippen molar-refractivity contribution in [3.8, 4) is 0 Å². The van der Waals surface area contributed by atoms with Crippen LogP contribution in [0.4, 0.5) is 0 Å². The standard InChI is InChI=1S/C11H16OSi/c1-13(2,3)11(12)9-10-7-5-4-6-8-10/h4-8H,9H2,1-3H3. The number of rotatable bonds is 3. The van der Waals surface area contributed by atoms with Gasteiger partial charge in [0.05, 0.1) is 0 Å². The molecule has 0 N–H and O–H groups in total. The fourth-order valence-electron chi connectivity index (χ4n) is 1.05. The third kappa shape index (κ3) is 3.15. The Morgan fingerprint density at radius 1 is 1.15 bits per heavy atom. The second kappa shape index (κ2) is 3.88. The summed E-state index contributed by atoms with van der Waals surface area (Å²) in [5, 5.41) is 0.429. The van der Waals surface area contributed by atoms with Crippen molar-refractivity contribution in [2.45, 2.75) is 26.1 Å². The van der Waals surface area contributed by atoms with Crippen LogP contribution in [0.25, 0.3) is 0 Å². The van der Waals surface area contributed by atoms with Crippen LogP contribution in [0, 0.1) is 0 Å². The molecule has 0 spiro atoms. The van der Waals surface area contributed by atoms with E-state index < -0.39 is 8.07 Å². The first-order chi connectivity index (χ1) is 6.00. The molecule has 2 heteroatoms. The smallest absolute Gasteiger partial charge is 0.124 e. The van der Waals surface area contributed by atoms with Gasteiger partial charge in [-0.1, -0.05) is 50.0 Å². The van der Waals surface area contributed by atoms with Gasteiger partial charge in [0.15, 0.2) is 0 Å². The fourth-order valence-corrected chi connectivity index (χ4v) is 1.78. The summed E-state index contributed by atoms with van der Waals surface area (Å²) in [4.78, 5) is 11.7.